The molecule has 0 spiro atoms. The Bertz CT molecular complexity index is 190. The smallest absolute Gasteiger partial charge is 1.00 e. The van der Waals surface area contributed by atoms with E-state index in [0.717, 1.165) is 12.8 Å². The maximum atomic E-state index is 10.6. The van der Waals surface area contributed by atoms with Gasteiger partial charge in [-0.1, -0.05) is 19.8 Å². The average Bonchev–Trinajstić information content (AvgIpc) is 2.20. The fourth-order valence-corrected chi connectivity index (χ4v) is 1.08. The van der Waals surface area contributed by atoms with Crippen LogP contribution in [-0.2, 0) is 4.79 Å². The summed E-state index contributed by atoms with van der Waals surface area (Å²) in [5.74, 6) is -1.08. The Hall–Kier alpha value is 0.137. The normalized spacial score (nSPS) is 10.2. The van der Waals surface area contributed by atoms with Gasteiger partial charge < -0.3 is 11.3 Å². The summed E-state index contributed by atoms with van der Waals surface area (Å²) in [6.45, 7) is 2.03. The van der Waals surface area contributed by atoms with Gasteiger partial charge in [0.1, 0.15) is 10.5 Å². The molecule has 15 heavy (non-hydrogen) atoms. The molecular weight excluding hydrogens is 221 g/mol. The zero-order chi connectivity index (χ0) is 11.4. The van der Waals surface area contributed by atoms with E-state index in [1.165, 1.54) is 0 Å². The van der Waals surface area contributed by atoms with E-state index in [-0.39, 0.29) is 36.9 Å². The molecule has 0 aromatic carbocycles. The molecule has 84 valence electrons. The summed E-state index contributed by atoms with van der Waals surface area (Å²) in [4.78, 5) is 17.7. The van der Waals surface area contributed by atoms with Crippen LogP contribution in [0.1, 0.15) is 40.5 Å². The molecule has 0 heterocycles. The number of aliphatic carboxylic acids is 1. The van der Waals surface area contributed by atoms with Crippen LogP contribution in [0.4, 0.5) is 0 Å². The van der Waals surface area contributed by atoms with Gasteiger partial charge in [0.25, 0.3) is 0 Å². The Kier molecular flexibility index (Phi) is 22.7. The first kappa shape index (κ1) is 20.5. The largest absolute Gasteiger partial charge is 1.00 e. The predicted molar refractivity (Wildman–Crippen MR) is 58.8 cm³/mol. The van der Waals surface area contributed by atoms with E-state index in [1.54, 1.807) is 0 Å². The van der Waals surface area contributed by atoms with Crippen molar-refractivity contribution in [3.8, 4) is 6.07 Å². The fraction of sp³-hybridized carbons (Fsp3) is 0.778. The van der Waals surface area contributed by atoms with Crippen molar-refractivity contribution in [3.63, 3.8) is 0 Å². The Morgan fingerprint density at radius 3 is 2.40 bits per heavy atom. The van der Waals surface area contributed by atoms with Crippen molar-refractivity contribution in [2.75, 3.05) is 0 Å². The minimum absolute atomic E-state index is 0. The van der Waals surface area contributed by atoms with E-state index in [9.17, 15) is 4.79 Å². The summed E-state index contributed by atoms with van der Waals surface area (Å²) >= 11 is 0. The van der Waals surface area contributed by atoms with Crippen LogP contribution in [0, 0.1) is 17.2 Å². The molecule has 6 heteroatoms. The molecule has 0 aliphatic rings. The molecule has 0 amide bonds. The molecule has 4 nitrogen and oxygen atoms in total. The van der Waals surface area contributed by atoms with Crippen molar-refractivity contribution in [2.24, 2.45) is 5.92 Å². The van der Waals surface area contributed by atoms with E-state index in [4.69, 9.17) is 15.2 Å². The Morgan fingerprint density at radius 1 is 1.53 bits per heavy atom. The summed E-state index contributed by atoms with van der Waals surface area (Å²) in [5.41, 5.74) is 0. The molecule has 0 bridgehead atoms. The van der Waals surface area contributed by atoms with Crippen LogP contribution >= 0.6 is 0 Å². The SMILES string of the molecule is CCCCC(CCC#N)C(=O)O.O[SiH3].[H-].[Na+]. The maximum Gasteiger partial charge on any atom is 1.00 e. The number of nitrogens with zero attached hydrogens (tertiary/aromatic N) is 1. The number of carboxylic acid groups (broad SMARTS) is 1. The van der Waals surface area contributed by atoms with Crippen LogP contribution in [-0.4, -0.2) is 26.4 Å². The third-order valence-corrected chi connectivity index (χ3v) is 1.86. The standard InChI is InChI=1S/C9H15NO2.Na.H4OSi.H/c1-2-3-5-8(9(11)12)6-4-7-10;;1-2;/h8H,2-6H2,1H3,(H,11,12);;1H,2H3;/q;+1;;-1. The summed E-state index contributed by atoms with van der Waals surface area (Å²) < 4.78 is 0. The second-order valence-electron chi connectivity index (χ2n) is 2.87. The van der Waals surface area contributed by atoms with Crippen molar-refractivity contribution < 1.29 is 45.7 Å². The van der Waals surface area contributed by atoms with Gasteiger partial charge in [-0.05, 0) is 12.8 Å². The Labute approximate surface area is 118 Å². The number of nitriles is 1. The van der Waals surface area contributed by atoms with E-state index in [2.05, 4.69) is 0 Å². The molecule has 1 atom stereocenters. The zero-order valence-electron chi connectivity index (χ0n) is 10.9. The van der Waals surface area contributed by atoms with Gasteiger partial charge in [0.15, 0.2) is 0 Å². The zero-order valence-corrected chi connectivity index (χ0v) is 13.9. The molecule has 0 aliphatic carbocycles. The van der Waals surface area contributed by atoms with Crippen LogP contribution in [0.3, 0.4) is 0 Å². The predicted octanol–water partition coefficient (Wildman–Crippen LogP) is -2.44. The third-order valence-electron chi connectivity index (χ3n) is 1.86. The summed E-state index contributed by atoms with van der Waals surface area (Å²) in [5, 5.41) is 17.0. The van der Waals surface area contributed by atoms with Gasteiger partial charge in [0.05, 0.1) is 12.0 Å². The molecule has 0 saturated heterocycles. The summed E-state index contributed by atoms with van der Waals surface area (Å²) in [6.07, 6.45) is 3.48. The van der Waals surface area contributed by atoms with E-state index >= 15 is 0 Å². The molecule has 0 fully saturated rings. The van der Waals surface area contributed by atoms with Gasteiger partial charge in [0.2, 0.25) is 0 Å². The van der Waals surface area contributed by atoms with Crippen LogP contribution in [0.25, 0.3) is 0 Å². The summed E-state index contributed by atoms with van der Waals surface area (Å²) in [7, 11) is 0.306. The maximum absolute atomic E-state index is 10.6. The Balaban J connectivity index is -0.000000169. The van der Waals surface area contributed by atoms with Crippen LogP contribution < -0.4 is 29.6 Å². The molecule has 0 aliphatic heterocycles. The second-order valence-corrected chi connectivity index (χ2v) is 2.87. The molecule has 0 radical (unpaired) electrons. The van der Waals surface area contributed by atoms with Gasteiger partial charge in [-0.3, -0.25) is 4.79 Å². The van der Waals surface area contributed by atoms with Crippen molar-refractivity contribution in [2.45, 2.75) is 39.0 Å². The molecule has 0 saturated carbocycles. The fourth-order valence-electron chi connectivity index (χ4n) is 1.08. The number of carboxylic acids is 1. The van der Waals surface area contributed by atoms with Gasteiger partial charge in [-0.2, -0.15) is 5.26 Å². The third kappa shape index (κ3) is 14.1. The summed E-state index contributed by atoms with van der Waals surface area (Å²) in [6, 6.07) is 1.97. The van der Waals surface area contributed by atoms with Gasteiger partial charge >= 0.3 is 35.5 Å². The van der Waals surface area contributed by atoms with E-state index in [1.807, 2.05) is 13.0 Å². The molecular formula is C9H20NNaO3Si. The van der Waals surface area contributed by atoms with Crippen molar-refractivity contribution in [1.82, 2.24) is 0 Å². The number of hydrogen-bond donors (Lipinski definition) is 2. The van der Waals surface area contributed by atoms with E-state index in [0.29, 0.717) is 29.7 Å². The van der Waals surface area contributed by atoms with Crippen molar-refractivity contribution in [1.29, 1.82) is 5.26 Å². The number of unbranched alkanes of at least 4 members (excludes halogenated alkanes) is 1. The molecule has 1 unspecified atom stereocenters. The average molecular weight is 241 g/mol. The minimum atomic E-state index is -0.765. The van der Waals surface area contributed by atoms with Crippen LogP contribution in [0.15, 0.2) is 0 Å². The minimum Gasteiger partial charge on any atom is -1.00 e. The van der Waals surface area contributed by atoms with Gasteiger partial charge in [-0.15, -0.1) is 0 Å². The second kappa shape index (κ2) is 16.6. The van der Waals surface area contributed by atoms with Crippen LogP contribution in [0.2, 0.25) is 0 Å². The molecule has 0 rings (SSSR count). The van der Waals surface area contributed by atoms with Gasteiger partial charge in [-0.25, -0.2) is 0 Å². The molecule has 0 aromatic rings. The van der Waals surface area contributed by atoms with E-state index < -0.39 is 5.97 Å². The Morgan fingerprint density at radius 2 is 2.07 bits per heavy atom. The quantitative estimate of drug-likeness (QED) is 0.506. The van der Waals surface area contributed by atoms with Crippen LogP contribution in [0.5, 0.6) is 0 Å². The topological polar surface area (TPSA) is 81.3 Å². The molecule has 2 N–H and O–H groups in total. The molecule has 0 aromatic heterocycles. The first-order chi connectivity index (χ1) is 6.72. The van der Waals surface area contributed by atoms with Crippen molar-refractivity contribution >= 4 is 16.5 Å². The van der Waals surface area contributed by atoms with Crippen molar-refractivity contribution in [3.05, 3.63) is 0 Å². The first-order valence-electron chi connectivity index (χ1n) is 4.76. The van der Waals surface area contributed by atoms with Gasteiger partial charge in [0, 0.05) is 6.42 Å². The number of rotatable bonds is 6. The monoisotopic (exact) mass is 241 g/mol. The first-order valence-corrected chi connectivity index (χ1v) is 5.66. The number of carbonyl (C=O) groups is 1. The number of hydrogen-bond acceptors (Lipinski definition) is 3.